The Bertz CT molecular complexity index is 171. The molecule has 0 aromatic carbocycles. The number of hydrogen-bond donors (Lipinski definition) is 2. The Kier molecular flexibility index (Phi) is 10.1. The van der Waals surface area contributed by atoms with Gasteiger partial charge in [0.1, 0.15) is 0 Å². The van der Waals surface area contributed by atoms with Gasteiger partial charge in [-0.05, 0) is 19.7 Å². The fourth-order valence-corrected chi connectivity index (χ4v) is 6.37. The van der Waals surface area contributed by atoms with Gasteiger partial charge < -0.3 is 11.5 Å². The third-order valence-electron chi connectivity index (χ3n) is 0.988. The molecule has 0 fully saturated rings. The molecule has 0 aliphatic carbocycles. The summed E-state index contributed by atoms with van der Waals surface area (Å²) in [5.74, 6) is 0.904. The first-order valence-electron chi connectivity index (χ1n) is 3.77. The maximum Gasteiger partial charge on any atom is 0.218 e. The number of hydrogen-bond acceptors (Lipinski definition) is 6. The van der Waals surface area contributed by atoms with Gasteiger partial charge in [0, 0.05) is 24.3 Å². The van der Waals surface area contributed by atoms with Gasteiger partial charge in [-0.2, -0.15) is 0 Å². The van der Waals surface area contributed by atoms with Gasteiger partial charge in [-0.25, -0.2) is 0 Å². The van der Waals surface area contributed by atoms with Crippen LogP contribution < -0.4 is 11.5 Å². The van der Waals surface area contributed by atoms with E-state index in [1.807, 2.05) is 0 Å². The van der Waals surface area contributed by atoms with Crippen LogP contribution in [0.4, 0.5) is 0 Å². The molecule has 0 heterocycles. The van der Waals surface area contributed by atoms with Gasteiger partial charge in [0.25, 0.3) is 0 Å². The summed E-state index contributed by atoms with van der Waals surface area (Å²) in [6.45, 7) is 0. The zero-order valence-electron chi connectivity index (χ0n) is 7.43. The second-order valence-electron chi connectivity index (χ2n) is 2.21. The third kappa shape index (κ3) is 12.3. The molecular formula is C6H12N2O2S4. The molecule has 0 aliphatic heterocycles. The summed E-state index contributed by atoms with van der Waals surface area (Å²) >= 11 is 0. The van der Waals surface area contributed by atoms with E-state index in [1.165, 1.54) is 0 Å². The van der Waals surface area contributed by atoms with Gasteiger partial charge in [-0.3, -0.25) is 9.59 Å². The van der Waals surface area contributed by atoms with Gasteiger partial charge >= 0.3 is 0 Å². The molecule has 8 heteroatoms. The van der Waals surface area contributed by atoms with E-state index < -0.39 is 0 Å². The van der Waals surface area contributed by atoms with Crippen molar-refractivity contribution < 1.29 is 9.59 Å². The summed E-state index contributed by atoms with van der Waals surface area (Å²) in [5.41, 5.74) is 9.93. The van der Waals surface area contributed by atoms with Crippen molar-refractivity contribution in [3.63, 3.8) is 0 Å². The lowest BCUT2D eigenvalue weighted by Gasteiger charge is -1.97. The van der Waals surface area contributed by atoms with Crippen LogP contribution in [0.15, 0.2) is 0 Å². The Morgan fingerprint density at radius 2 is 1.21 bits per heavy atom. The molecule has 0 aromatic rings. The highest BCUT2D eigenvalue weighted by Crippen LogP contribution is 2.43. The molecule has 0 rings (SSSR count). The maximum atomic E-state index is 10.3. The molecule has 0 saturated carbocycles. The molecule has 0 spiro atoms. The Morgan fingerprint density at radius 3 is 1.50 bits per heavy atom. The standard InChI is InChI=1S/C6H12N2O2S4/c7-5(9)1-3-11-13-14-12-4-2-6(8)10/h1-4H2,(H2,7,9)(H2,8,10). The largest absolute Gasteiger partial charge is 0.370 e. The van der Waals surface area contributed by atoms with Crippen molar-refractivity contribution in [2.24, 2.45) is 11.5 Å². The van der Waals surface area contributed by atoms with Gasteiger partial charge in [0.15, 0.2) is 0 Å². The number of primary amides is 2. The van der Waals surface area contributed by atoms with Crippen LogP contribution in [0.1, 0.15) is 12.8 Å². The molecule has 4 N–H and O–H groups in total. The van der Waals surface area contributed by atoms with Crippen LogP contribution in [0.2, 0.25) is 0 Å². The predicted molar refractivity (Wildman–Crippen MR) is 67.7 cm³/mol. The minimum atomic E-state index is -0.274. The molecule has 0 radical (unpaired) electrons. The van der Waals surface area contributed by atoms with Crippen LogP contribution in [-0.2, 0) is 9.59 Å². The molecule has 82 valence electrons. The van der Waals surface area contributed by atoms with Gasteiger partial charge in [-0.1, -0.05) is 21.6 Å². The lowest BCUT2D eigenvalue weighted by Crippen LogP contribution is -2.10. The van der Waals surface area contributed by atoms with E-state index >= 15 is 0 Å². The first-order valence-corrected chi connectivity index (χ1v) is 8.92. The lowest BCUT2D eigenvalue weighted by atomic mass is 10.5. The highest BCUT2D eigenvalue weighted by molar-refractivity contribution is 9.26. The van der Waals surface area contributed by atoms with E-state index in [0.29, 0.717) is 12.8 Å². The van der Waals surface area contributed by atoms with E-state index in [0.717, 1.165) is 11.5 Å². The zero-order valence-corrected chi connectivity index (χ0v) is 10.7. The van der Waals surface area contributed by atoms with Gasteiger partial charge in [-0.15, -0.1) is 0 Å². The summed E-state index contributed by atoms with van der Waals surface area (Å²) < 4.78 is 0. The predicted octanol–water partition coefficient (Wildman–Crippen LogP) is 1.41. The minimum Gasteiger partial charge on any atom is -0.370 e. The highest BCUT2D eigenvalue weighted by atomic mass is 33.7. The van der Waals surface area contributed by atoms with E-state index in [4.69, 9.17) is 11.5 Å². The Morgan fingerprint density at radius 1 is 0.857 bits per heavy atom. The first kappa shape index (κ1) is 14.3. The van der Waals surface area contributed by atoms with Crippen LogP contribution >= 0.6 is 41.2 Å². The normalized spacial score (nSPS) is 10.0. The molecule has 2 amide bonds. The number of carbonyl (C=O) groups excluding carboxylic acids is 2. The summed E-state index contributed by atoms with van der Waals surface area (Å²) in [6.07, 6.45) is 0.814. The molecule has 4 nitrogen and oxygen atoms in total. The van der Waals surface area contributed by atoms with Crippen LogP contribution in [-0.4, -0.2) is 23.3 Å². The van der Waals surface area contributed by atoms with Crippen LogP contribution in [0.3, 0.4) is 0 Å². The average Bonchev–Trinajstić information content (AvgIpc) is 2.08. The van der Waals surface area contributed by atoms with Crippen LogP contribution in [0, 0.1) is 0 Å². The summed E-state index contributed by atoms with van der Waals surface area (Å²) in [6, 6.07) is 0. The summed E-state index contributed by atoms with van der Waals surface area (Å²) in [5, 5.41) is 0. The van der Waals surface area contributed by atoms with Crippen LogP contribution in [0.25, 0.3) is 0 Å². The van der Waals surface area contributed by atoms with Gasteiger partial charge in [0.2, 0.25) is 11.8 Å². The summed E-state index contributed by atoms with van der Waals surface area (Å²) in [7, 11) is 6.33. The molecule has 0 saturated heterocycles. The van der Waals surface area contributed by atoms with Gasteiger partial charge in [0.05, 0.1) is 0 Å². The molecule has 0 atom stereocenters. The Hall–Kier alpha value is 0.340. The smallest absolute Gasteiger partial charge is 0.218 e. The molecule has 0 bridgehead atoms. The number of nitrogens with two attached hydrogens (primary N) is 2. The van der Waals surface area contributed by atoms with Crippen molar-refractivity contribution in [2.45, 2.75) is 12.8 Å². The fraction of sp³-hybridized carbons (Fsp3) is 0.667. The van der Waals surface area contributed by atoms with Crippen molar-refractivity contribution in [3.8, 4) is 0 Å². The number of carbonyl (C=O) groups is 2. The first-order chi connectivity index (χ1) is 6.63. The average molecular weight is 272 g/mol. The number of rotatable bonds is 9. The van der Waals surface area contributed by atoms with Crippen molar-refractivity contribution >= 4 is 53.1 Å². The van der Waals surface area contributed by atoms with E-state index in [2.05, 4.69) is 0 Å². The third-order valence-corrected chi connectivity index (χ3v) is 7.45. The minimum absolute atomic E-state index is 0.274. The summed E-state index contributed by atoms with van der Waals surface area (Å²) in [4.78, 5) is 20.7. The highest BCUT2D eigenvalue weighted by Gasteiger charge is 1.98. The molecule has 0 unspecified atom stereocenters. The SMILES string of the molecule is NC(=O)CCSSSSCCC(N)=O. The Balaban J connectivity index is 2.99. The monoisotopic (exact) mass is 272 g/mol. The quantitative estimate of drug-likeness (QED) is 0.487. The van der Waals surface area contributed by atoms with E-state index in [-0.39, 0.29) is 11.8 Å². The molecule has 14 heavy (non-hydrogen) atoms. The van der Waals surface area contributed by atoms with E-state index in [9.17, 15) is 9.59 Å². The Labute approximate surface area is 98.3 Å². The number of amides is 2. The van der Waals surface area contributed by atoms with Crippen molar-refractivity contribution in [3.05, 3.63) is 0 Å². The second-order valence-corrected chi connectivity index (χ2v) is 8.45. The van der Waals surface area contributed by atoms with Crippen molar-refractivity contribution in [2.75, 3.05) is 11.5 Å². The molecule has 0 aromatic heterocycles. The molecule has 0 aliphatic rings. The maximum absolute atomic E-state index is 10.3. The zero-order chi connectivity index (χ0) is 10.8. The fourth-order valence-electron chi connectivity index (χ4n) is 0.392. The van der Waals surface area contributed by atoms with Crippen LogP contribution in [0.5, 0.6) is 0 Å². The lowest BCUT2D eigenvalue weighted by molar-refractivity contribution is -0.118. The molecular weight excluding hydrogens is 260 g/mol. The second kappa shape index (κ2) is 9.88. The van der Waals surface area contributed by atoms with Crippen molar-refractivity contribution in [1.82, 2.24) is 0 Å². The van der Waals surface area contributed by atoms with E-state index in [1.54, 1.807) is 41.2 Å². The van der Waals surface area contributed by atoms with Crippen molar-refractivity contribution in [1.29, 1.82) is 0 Å². The topological polar surface area (TPSA) is 86.2 Å².